The molecule has 0 saturated carbocycles. The minimum Gasteiger partial charge on any atom is -0.489 e. The number of carbonyl (C=O) groups is 2. The highest BCUT2D eigenvalue weighted by molar-refractivity contribution is 6.46. The van der Waals surface area contributed by atoms with E-state index in [1.165, 1.54) is 10.5 Å². The highest BCUT2D eigenvalue weighted by atomic mass is 16.5. The number of amides is 2. The van der Waals surface area contributed by atoms with Gasteiger partial charge in [0.25, 0.3) is 11.8 Å². The van der Waals surface area contributed by atoms with Crippen LogP contribution < -0.4 is 15.0 Å². The third-order valence-electron chi connectivity index (χ3n) is 5.25. The maximum absolute atomic E-state index is 13.6. The van der Waals surface area contributed by atoms with E-state index in [9.17, 15) is 9.59 Å². The highest BCUT2D eigenvalue weighted by Gasteiger charge is 2.41. The molecule has 3 aromatic rings. The summed E-state index contributed by atoms with van der Waals surface area (Å²) in [5.41, 5.74) is 3.66. The molecule has 0 unspecified atom stereocenters. The largest absolute Gasteiger partial charge is 0.489 e. The van der Waals surface area contributed by atoms with Crippen molar-refractivity contribution in [3.8, 4) is 5.75 Å². The Hall–Kier alpha value is -3.86. The van der Waals surface area contributed by atoms with Gasteiger partial charge in [0, 0.05) is 5.69 Å². The van der Waals surface area contributed by atoms with Crippen LogP contribution in [0.2, 0.25) is 0 Å². The SMILES string of the molecule is CCc1ccc(NC2=C(c3ccccc3)C(=O)N(c3ccccc3OC(C)C)C2=O)cc1. The van der Waals surface area contributed by atoms with Gasteiger partial charge in [0.05, 0.1) is 17.4 Å². The molecule has 5 nitrogen and oxygen atoms in total. The van der Waals surface area contributed by atoms with Gasteiger partial charge in [-0.15, -0.1) is 0 Å². The third-order valence-corrected chi connectivity index (χ3v) is 5.25. The van der Waals surface area contributed by atoms with E-state index in [0.717, 1.165) is 12.1 Å². The molecule has 4 rings (SSSR count). The molecule has 162 valence electrons. The van der Waals surface area contributed by atoms with Gasteiger partial charge in [0.15, 0.2) is 0 Å². The number of rotatable bonds is 7. The van der Waals surface area contributed by atoms with Crippen molar-refractivity contribution in [1.29, 1.82) is 0 Å². The van der Waals surface area contributed by atoms with Gasteiger partial charge in [-0.25, -0.2) is 4.90 Å². The first-order valence-electron chi connectivity index (χ1n) is 10.8. The maximum atomic E-state index is 13.6. The van der Waals surface area contributed by atoms with Crippen molar-refractivity contribution < 1.29 is 14.3 Å². The van der Waals surface area contributed by atoms with Crippen molar-refractivity contribution >= 4 is 28.8 Å². The molecule has 0 aromatic heterocycles. The molecule has 0 fully saturated rings. The van der Waals surface area contributed by atoms with Crippen molar-refractivity contribution in [2.45, 2.75) is 33.3 Å². The number of para-hydroxylation sites is 2. The van der Waals surface area contributed by atoms with Gasteiger partial charge >= 0.3 is 0 Å². The molecule has 32 heavy (non-hydrogen) atoms. The van der Waals surface area contributed by atoms with E-state index in [-0.39, 0.29) is 17.7 Å². The van der Waals surface area contributed by atoms with Crippen molar-refractivity contribution in [3.63, 3.8) is 0 Å². The molecule has 0 radical (unpaired) electrons. The molecule has 1 N–H and O–H groups in total. The van der Waals surface area contributed by atoms with E-state index < -0.39 is 5.91 Å². The predicted octanol–water partition coefficient (Wildman–Crippen LogP) is 5.43. The van der Waals surface area contributed by atoms with Crippen LogP contribution in [0.15, 0.2) is 84.6 Å². The first-order valence-corrected chi connectivity index (χ1v) is 10.8. The molecule has 0 saturated heterocycles. The minimum atomic E-state index is -0.409. The summed E-state index contributed by atoms with van der Waals surface area (Å²) < 4.78 is 5.89. The number of carbonyl (C=O) groups excluding carboxylic acids is 2. The number of aryl methyl sites for hydroxylation is 1. The summed E-state index contributed by atoms with van der Waals surface area (Å²) in [5, 5.41) is 3.21. The smallest absolute Gasteiger partial charge is 0.282 e. The standard InChI is InChI=1S/C27H26N2O3/c1-4-19-14-16-21(17-15-19)28-25-24(20-10-6-5-7-11-20)26(30)29(27(25)31)22-12-8-9-13-23(22)32-18(2)3/h5-18,28H,4H2,1-3H3. The average molecular weight is 427 g/mol. The molecule has 5 heteroatoms. The summed E-state index contributed by atoms with van der Waals surface area (Å²) in [6.45, 7) is 5.90. The Balaban J connectivity index is 1.79. The second-order valence-corrected chi connectivity index (χ2v) is 7.87. The molecule has 1 aliphatic heterocycles. The Morgan fingerprint density at radius 1 is 0.844 bits per heavy atom. The highest BCUT2D eigenvalue weighted by Crippen LogP contribution is 2.38. The van der Waals surface area contributed by atoms with Gasteiger partial charge in [0.1, 0.15) is 11.4 Å². The van der Waals surface area contributed by atoms with Gasteiger partial charge in [0.2, 0.25) is 0 Å². The number of ether oxygens (including phenoxy) is 1. The fourth-order valence-electron chi connectivity index (χ4n) is 3.70. The normalized spacial score (nSPS) is 13.8. The Bertz CT molecular complexity index is 1170. The fourth-order valence-corrected chi connectivity index (χ4v) is 3.70. The van der Waals surface area contributed by atoms with Crippen molar-refractivity contribution in [3.05, 3.63) is 95.7 Å². The molecule has 3 aromatic carbocycles. The lowest BCUT2D eigenvalue weighted by Crippen LogP contribution is -2.33. The topological polar surface area (TPSA) is 58.6 Å². The van der Waals surface area contributed by atoms with Crippen LogP contribution >= 0.6 is 0 Å². The lowest BCUT2D eigenvalue weighted by molar-refractivity contribution is -0.120. The first kappa shape index (κ1) is 21.4. The fraction of sp³-hybridized carbons (Fsp3) is 0.185. The molecular formula is C27H26N2O3. The van der Waals surface area contributed by atoms with Crippen molar-refractivity contribution in [2.75, 3.05) is 10.2 Å². The summed E-state index contributed by atoms with van der Waals surface area (Å²) in [6.07, 6.45) is 0.830. The Labute approximate surface area is 188 Å². The lowest BCUT2D eigenvalue weighted by atomic mass is 10.0. The van der Waals surface area contributed by atoms with Gasteiger partial charge in [-0.1, -0.05) is 61.5 Å². The van der Waals surface area contributed by atoms with E-state index in [1.807, 2.05) is 74.5 Å². The number of hydrogen-bond acceptors (Lipinski definition) is 4. The molecule has 0 atom stereocenters. The van der Waals surface area contributed by atoms with Crippen LogP contribution in [0.4, 0.5) is 11.4 Å². The predicted molar refractivity (Wildman–Crippen MR) is 128 cm³/mol. The second-order valence-electron chi connectivity index (χ2n) is 7.87. The van der Waals surface area contributed by atoms with E-state index in [4.69, 9.17) is 4.74 Å². The number of benzene rings is 3. The van der Waals surface area contributed by atoms with Gasteiger partial charge in [-0.05, 0) is 55.7 Å². The number of hydrogen-bond donors (Lipinski definition) is 1. The van der Waals surface area contributed by atoms with Crippen LogP contribution in [-0.2, 0) is 16.0 Å². The number of nitrogens with zero attached hydrogens (tertiary/aromatic N) is 1. The molecular weight excluding hydrogens is 400 g/mol. The van der Waals surface area contributed by atoms with Gasteiger partial charge < -0.3 is 10.1 Å². The van der Waals surface area contributed by atoms with E-state index in [0.29, 0.717) is 22.6 Å². The molecule has 1 aliphatic rings. The van der Waals surface area contributed by atoms with Crippen molar-refractivity contribution in [2.24, 2.45) is 0 Å². The molecule has 0 aliphatic carbocycles. The van der Waals surface area contributed by atoms with Crippen molar-refractivity contribution in [1.82, 2.24) is 0 Å². The molecule has 0 spiro atoms. The monoisotopic (exact) mass is 426 g/mol. The Kier molecular flexibility index (Phi) is 6.08. The van der Waals surface area contributed by atoms with Crippen LogP contribution in [0, 0.1) is 0 Å². The summed E-state index contributed by atoms with van der Waals surface area (Å²) in [5.74, 6) is -0.299. The van der Waals surface area contributed by atoms with E-state index >= 15 is 0 Å². The number of imide groups is 1. The van der Waals surface area contributed by atoms with Crippen LogP contribution in [0.1, 0.15) is 31.9 Å². The van der Waals surface area contributed by atoms with Gasteiger partial charge in [-0.3, -0.25) is 9.59 Å². The van der Waals surface area contributed by atoms with Crippen LogP contribution in [0.3, 0.4) is 0 Å². The first-order chi connectivity index (χ1) is 15.5. The van der Waals surface area contributed by atoms with E-state index in [2.05, 4.69) is 12.2 Å². The Morgan fingerprint density at radius 3 is 2.16 bits per heavy atom. The van der Waals surface area contributed by atoms with Crippen LogP contribution in [0.25, 0.3) is 5.57 Å². The Morgan fingerprint density at radius 2 is 1.50 bits per heavy atom. The molecule has 0 bridgehead atoms. The quantitative estimate of drug-likeness (QED) is 0.512. The van der Waals surface area contributed by atoms with E-state index in [1.54, 1.807) is 18.2 Å². The van der Waals surface area contributed by atoms with Crippen LogP contribution in [0.5, 0.6) is 5.75 Å². The average Bonchev–Trinajstić information content (AvgIpc) is 3.04. The molecule has 2 amide bonds. The molecule has 1 heterocycles. The van der Waals surface area contributed by atoms with Gasteiger partial charge in [-0.2, -0.15) is 0 Å². The third kappa shape index (κ3) is 4.14. The summed E-state index contributed by atoms with van der Waals surface area (Å²) in [7, 11) is 0. The zero-order valence-electron chi connectivity index (χ0n) is 18.5. The lowest BCUT2D eigenvalue weighted by Gasteiger charge is -2.20. The summed E-state index contributed by atoms with van der Waals surface area (Å²) in [4.78, 5) is 28.4. The minimum absolute atomic E-state index is 0.0971. The maximum Gasteiger partial charge on any atom is 0.282 e. The zero-order valence-corrected chi connectivity index (χ0v) is 18.5. The number of nitrogens with one attached hydrogen (secondary N) is 1. The second kappa shape index (κ2) is 9.10. The summed E-state index contributed by atoms with van der Waals surface area (Å²) >= 11 is 0. The van der Waals surface area contributed by atoms with Crippen LogP contribution in [-0.4, -0.2) is 17.9 Å². The summed E-state index contributed by atoms with van der Waals surface area (Å²) in [6, 6.07) is 24.2. The number of anilines is 2. The zero-order chi connectivity index (χ0) is 22.7.